The fraction of sp³-hybridized carbons (Fsp3) is 0.727. The summed E-state index contributed by atoms with van der Waals surface area (Å²) in [5.41, 5.74) is 1.27. The molecule has 84 valence electrons. The first-order chi connectivity index (χ1) is 7.24. The number of aromatic nitrogens is 2. The normalized spacial score (nSPS) is 26.0. The first-order valence-corrected chi connectivity index (χ1v) is 7.08. The van der Waals surface area contributed by atoms with Crippen molar-refractivity contribution in [1.82, 2.24) is 9.55 Å². The topological polar surface area (TPSA) is 20.7 Å². The minimum atomic E-state index is 0.619. The van der Waals surface area contributed by atoms with Gasteiger partial charge in [-0.3, -0.25) is 0 Å². The monoisotopic (exact) mass is 242 g/mol. The van der Waals surface area contributed by atoms with E-state index in [4.69, 9.17) is 12.2 Å². The van der Waals surface area contributed by atoms with E-state index in [9.17, 15) is 0 Å². The molecule has 1 aromatic heterocycles. The molecule has 0 aliphatic heterocycles. The first-order valence-electron chi connectivity index (χ1n) is 5.62. The van der Waals surface area contributed by atoms with Crippen LogP contribution in [0.3, 0.4) is 0 Å². The molecule has 0 radical (unpaired) electrons. The summed E-state index contributed by atoms with van der Waals surface area (Å²) in [4.78, 5) is 3.14. The maximum atomic E-state index is 5.34. The van der Waals surface area contributed by atoms with Crippen molar-refractivity contribution in [3.05, 3.63) is 16.7 Å². The lowest BCUT2D eigenvalue weighted by molar-refractivity contribution is 0.512. The maximum Gasteiger partial charge on any atom is 0.177 e. The van der Waals surface area contributed by atoms with Crippen molar-refractivity contribution >= 4 is 24.0 Å². The standard InChI is InChI=1S/C11H18N2S2/c1-3-15-10-6-4-5-9(10)13-8(2)7-12-11(13)14/h7,9-10H,3-6H2,1-2H3,(H,12,14). The zero-order valence-corrected chi connectivity index (χ0v) is 11.0. The summed E-state index contributed by atoms with van der Waals surface area (Å²) in [7, 11) is 0. The van der Waals surface area contributed by atoms with Crippen LogP contribution in [0.1, 0.15) is 37.9 Å². The van der Waals surface area contributed by atoms with Gasteiger partial charge in [-0.15, -0.1) is 0 Å². The van der Waals surface area contributed by atoms with Gasteiger partial charge in [-0.1, -0.05) is 13.3 Å². The summed E-state index contributed by atoms with van der Waals surface area (Å²) in [5, 5.41) is 0.760. The van der Waals surface area contributed by atoms with Crippen molar-refractivity contribution in [1.29, 1.82) is 0 Å². The minimum Gasteiger partial charge on any atom is -0.337 e. The molecule has 1 fully saturated rings. The first kappa shape index (κ1) is 11.3. The number of hydrogen-bond acceptors (Lipinski definition) is 2. The number of nitrogens with one attached hydrogen (secondary N) is 1. The SMILES string of the molecule is CCSC1CCCC1n1c(C)c[nH]c1=S. The number of thioether (sulfide) groups is 1. The summed E-state index contributed by atoms with van der Waals surface area (Å²) in [6.45, 7) is 4.38. The molecule has 0 amide bonds. The Bertz CT molecular complexity index is 380. The lowest BCUT2D eigenvalue weighted by atomic mass is 10.2. The van der Waals surface area contributed by atoms with Gasteiger partial charge in [-0.25, -0.2) is 0 Å². The molecule has 0 spiro atoms. The van der Waals surface area contributed by atoms with Gasteiger partial charge in [0.2, 0.25) is 0 Å². The Balaban J connectivity index is 2.26. The highest BCUT2D eigenvalue weighted by molar-refractivity contribution is 7.99. The highest BCUT2D eigenvalue weighted by Gasteiger charge is 2.29. The molecule has 0 saturated heterocycles. The van der Waals surface area contributed by atoms with E-state index >= 15 is 0 Å². The van der Waals surface area contributed by atoms with Crippen LogP contribution in [0.25, 0.3) is 0 Å². The van der Waals surface area contributed by atoms with E-state index < -0.39 is 0 Å². The minimum absolute atomic E-state index is 0.619. The summed E-state index contributed by atoms with van der Waals surface area (Å²) in [6.07, 6.45) is 5.99. The van der Waals surface area contributed by atoms with E-state index in [1.165, 1.54) is 30.7 Å². The second-order valence-electron chi connectivity index (χ2n) is 4.10. The van der Waals surface area contributed by atoms with Gasteiger partial charge in [-0.2, -0.15) is 11.8 Å². The van der Waals surface area contributed by atoms with Crippen molar-refractivity contribution in [3.8, 4) is 0 Å². The number of imidazole rings is 1. The molecule has 2 atom stereocenters. The van der Waals surface area contributed by atoms with Crippen LogP contribution in [-0.2, 0) is 0 Å². The van der Waals surface area contributed by atoms with Gasteiger partial charge < -0.3 is 9.55 Å². The Kier molecular flexibility index (Phi) is 3.57. The predicted octanol–water partition coefficient (Wildman–Crippen LogP) is 3.70. The van der Waals surface area contributed by atoms with E-state index in [0.29, 0.717) is 6.04 Å². The van der Waals surface area contributed by atoms with Crippen LogP contribution < -0.4 is 0 Å². The molecule has 1 N–H and O–H groups in total. The molecule has 1 heterocycles. The molecule has 0 aromatic carbocycles. The Hall–Kier alpha value is -0.220. The molecule has 2 unspecified atom stereocenters. The highest BCUT2D eigenvalue weighted by Crippen LogP contribution is 2.39. The van der Waals surface area contributed by atoms with Gasteiger partial charge in [0, 0.05) is 23.2 Å². The number of aromatic amines is 1. The van der Waals surface area contributed by atoms with E-state index in [1.807, 2.05) is 6.20 Å². The van der Waals surface area contributed by atoms with Crippen LogP contribution in [0, 0.1) is 11.7 Å². The Morgan fingerprint density at radius 2 is 2.40 bits per heavy atom. The number of hydrogen-bond donors (Lipinski definition) is 1. The molecule has 1 saturated carbocycles. The van der Waals surface area contributed by atoms with Crippen molar-refractivity contribution < 1.29 is 0 Å². The maximum absolute atomic E-state index is 5.34. The molecular formula is C11H18N2S2. The van der Waals surface area contributed by atoms with Gasteiger partial charge in [-0.05, 0) is 37.7 Å². The lowest BCUT2D eigenvalue weighted by Crippen LogP contribution is -2.17. The Morgan fingerprint density at radius 1 is 1.60 bits per heavy atom. The van der Waals surface area contributed by atoms with Crippen molar-refractivity contribution in [2.45, 2.75) is 44.4 Å². The van der Waals surface area contributed by atoms with Crippen LogP contribution >= 0.6 is 24.0 Å². The molecule has 4 heteroatoms. The fourth-order valence-corrected chi connectivity index (χ4v) is 4.07. The van der Waals surface area contributed by atoms with Crippen molar-refractivity contribution in [2.75, 3.05) is 5.75 Å². The van der Waals surface area contributed by atoms with Gasteiger partial charge >= 0.3 is 0 Å². The highest BCUT2D eigenvalue weighted by atomic mass is 32.2. The van der Waals surface area contributed by atoms with E-state index in [1.54, 1.807) is 0 Å². The molecule has 15 heavy (non-hydrogen) atoms. The lowest BCUT2D eigenvalue weighted by Gasteiger charge is -2.21. The number of nitrogens with zero attached hydrogens (tertiary/aromatic N) is 1. The third-order valence-corrected chi connectivity index (χ3v) is 4.76. The predicted molar refractivity (Wildman–Crippen MR) is 69.2 cm³/mol. The summed E-state index contributed by atoms with van der Waals surface area (Å²) in [5.74, 6) is 1.21. The molecule has 2 nitrogen and oxygen atoms in total. The van der Waals surface area contributed by atoms with Gasteiger partial charge in [0.15, 0.2) is 4.77 Å². The zero-order valence-electron chi connectivity index (χ0n) is 9.32. The van der Waals surface area contributed by atoms with Crippen LogP contribution in [0.4, 0.5) is 0 Å². The third-order valence-electron chi connectivity index (χ3n) is 3.13. The summed E-state index contributed by atoms with van der Waals surface area (Å²) >= 11 is 7.43. The average molecular weight is 242 g/mol. The Morgan fingerprint density at radius 3 is 3.00 bits per heavy atom. The van der Waals surface area contributed by atoms with Crippen molar-refractivity contribution in [2.24, 2.45) is 0 Å². The van der Waals surface area contributed by atoms with Gasteiger partial charge in [0.1, 0.15) is 0 Å². The zero-order chi connectivity index (χ0) is 10.8. The number of aryl methyl sites for hydroxylation is 1. The molecule has 1 aliphatic rings. The third kappa shape index (κ3) is 2.16. The molecule has 1 aromatic rings. The smallest absolute Gasteiger partial charge is 0.177 e. The molecular weight excluding hydrogens is 224 g/mol. The second kappa shape index (κ2) is 4.74. The second-order valence-corrected chi connectivity index (χ2v) is 6.00. The fourth-order valence-electron chi connectivity index (χ4n) is 2.49. The number of H-pyrrole nitrogens is 1. The Labute approximate surface area is 100 Å². The molecule has 2 rings (SSSR count). The number of rotatable bonds is 3. The molecule has 1 aliphatic carbocycles. The quantitative estimate of drug-likeness (QED) is 0.816. The van der Waals surface area contributed by atoms with Gasteiger partial charge in [0.25, 0.3) is 0 Å². The van der Waals surface area contributed by atoms with Crippen molar-refractivity contribution in [3.63, 3.8) is 0 Å². The van der Waals surface area contributed by atoms with E-state index in [-0.39, 0.29) is 0 Å². The van der Waals surface area contributed by atoms with Crippen LogP contribution in [-0.4, -0.2) is 20.6 Å². The van der Waals surface area contributed by atoms with Crippen LogP contribution in [0.5, 0.6) is 0 Å². The van der Waals surface area contributed by atoms with Crippen LogP contribution in [0.2, 0.25) is 0 Å². The van der Waals surface area contributed by atoms with E-state index in [2.05, 4.69) is 35.2 Å². The van der Waals surface area contributed by atoms with Gasteiger partial charge in [0.05, 0.1) is 0 Å². The van der Waals surface area contributed by atoms with Crippen LogP contribution in [0.15, 0.2) is 6.20 Å². The molecule has 0 bridgehead atoms. The largest absolute Gasteiger partial charge is 0.337 e. The summed E-state index contributed by atoms with van der Waals surface area (Å²) < 4.78 is 3.21. The van der Waals surface area contributed by atoms with E-state index in [0.717, 1.165) is 10.0 Å². The average Bonchev–Trinajstić information content (AvgIpc) is 2.75. The summed E-state index contributed by atoms with van der Waals surface area (Å²) in [6, 6.07) is 0.619.